The highest BCUT2D eigenvalue weighted by atomic mass is 32.2. The van der Waals surface area contributed by atoms with Crippen LogP contribution in [0.2, 0.25) is 0 Å². The number of benzene rings is 1. The van der Waals surface area contributed by atoms with Gasteiger partial charge in [-0.05, 0) is 18.2 Å². The zero-order chi connectivity index (χ0) is 14.5. The van der Waals surface area contributed by atoms with Crippen molar-refractivity contribution in [2.45, 2.75) is 11.8 Å². The first-order valence-corrected chi connectivity index (χ1v) is 7.51. The SMILES string of the molecule is C=CCN(C)C(=O)Nc1cccc(S(=O)(=O)CC)c1. The number of carbonyl (C=O) groups excluding carboxylic acids is 1. The van der Waals surface area contributed by atoms with E-state index in [1.54, 1.807) is 32.2 Å². The molecule has 0 bridgehead atoms. The third-order valence-electron chi connectivity index (χ3n) is 2.57. The van der Waals surface area contributed by atoms with E-state index in [2.05, 4.69) is 11.9 Å². The quantitative estimate of drug-likeness (QED) is 0.841. The van der Waals surface area contributed by atoms with Crippen LogP contribution in [0, 0.1) is 0 Å². The van der Waals surface area contributed by atoms with E-state index in [1.807, 2.05) is 0 Å². The molecule has 0 radical (unpaired) electrons. The second-order valence-corrected chi connectivity index (χ2v) is 6.31. The summed E-state index contributed by atoms with van der Waals surface area (Å²) >= 11 is 0. The molecule has 0 fully saturated rings. The van der Waals surface area contributed by atoms with Gasteiger partial charge >= 0.3 is 6.03 Å². The molecule has 0 saturated carbocycles. The minimum Gasteiger partial charge on any atom is -0.324 e. The van der Waals surface area contributed by atoms with Gasteiger partial charge in [-0.1, -0.05) is 19.1 Å². The van der Waals surface area contributed by atoms with Crippen LogP contribution in [0.15, 0.2) is 41.8 Å². The lowest BCUT2D eigenvalue weighted by Crippen LogP contribution is -2.31. The second kappa shape index (κ2) is 6.38. The van der Waals surface area contributed by atoms with Crippen molar-refractivity contribution in [1.29, 1.82) is 0 Å². The number of carbonyl (C=O) groups is 1. The van der Waals surface area contributed by atoms with Crippen molar-refractivity contribution < 1.29 is 13.2 Å². The molecule has 0 aliphatic heterocycles. The van der Waals surface area contributed by atoms with Gasteiger partial charge in [-0.15, -0.1) is 6.58 Å². The van der Waals surface area contributed by atoms with Gasteiger partial charge in [0.05, 0.1) is 10.6 Å². The Bertz CT molecular complexity index is 567. The number of nitrogens with one attached hydrogen (secondary N) is 1. The highest BCUT2D eigenvalue weighted by Crippen LogP contribution is 2.17. The lowest BCUT2D eigenvalue weighted by molar-refractivity contribution is 0.226. The predicted molar refractivity (Wildman–Crippen MR) is 76.0 cm³/mol. The molecule has 104 valence electrons. The summed E-state index contributed by atoms with van der Waals surface area (Å²) in [5.74, 6) is 0.0285. The molecule has 0 saturated heterocycles. The first-order chi connectivity index (χ1) is 8.90. The van der Waals surface area contributed by atoms with Gasteiger partial charge in [0.2, 0.25) is 0 Å². The van der Waals surface area contributed by atoms with Gasteiger partial charge in [0.1, 0.15) is 0 Å². The highest BCUT2D eigenvalue weighted by Gasteiger charge is 2.13. The summed E-state index contributed by atoms with van der Waals surface area (Å²) in [7, 11) is -1.64. The zero-order valence-electron chi connectivity index (χ0n) is 11.1. The molecular weight excluding hydrogens is 264 g/mol. The number of hydrogen-bond acceptors (Lipinski definition) is 3. The maximum atomic E-state index is 11.8. The Kier molecular flexibility index (Phi) is 5.11. The van der Waals surface area contributed by atoms with Gasteiger partial charge in [-0.3, -0.25) is 0 Å². The van der Waals surface area contributed by atoms with Crippen LogP contribution in [0.3, 0.4) is 0 Å². The Labute approximate surface area is 113 Å². The van der Waals surface area contributed by atoms with Crippen LogP contribution >= 0.6 is 0 Å². The first kappa shape index (κ1) is 15.2. The van der Waals surface area contributed by atoms with Crippen LogP contribution in [0.25, 0.3) is 0 Å². The number of urea groups is 1. The van der Waals surface area contributed by atoms with E-state index in [-0.39, 0.29) is 16.7 Å². The van der Waals surface area contributed by atoms with E-state index >= 15 is 0 Å². The topological polar surface area (TPSA) is 66.5 Å². The van der Waals surface area contributed by atoms with Crippen molar-refractivity contribution >= 4 is 21.6 Å². The summed E-state index contributed by atoms with van der Waals surface area (Å²) in [4.78, 5) is 13.4. The van der Waals surface area contributed by atoms with Gasteiger partial charge in [0.15, 0.2) is 9.84 Å². The minimum absolute atomic E-state index is 0.0285. The second-order valence-electron chi connectivity index (χ2n) is 4.03. The molecule has 19 heavy (non-hydrogen) atoms. The molecule has 0 unspecified atom stereocenters. The molecule has 0 aliphatic carbocycles. The summed E-state index contributed by atoms with van der Waals surface area (Å²) in [5, 5.41) is 2.64. The summed E-state index contributed by atoms with van der Waals surface area (Å²) in [6.07, 6.45) is 1.61. The largest absolute Gasteiger partial charge is 0.324 e. The fraction of sp³-hybridized carbons (Fsp3) is 0.308. The van der Waals surface area contributed by atoms with E-state index in [9.17, 15) is 13.2 Å². The third-order valence-corrected chi connectivity index (χ3v) is 4.31. The van der Waals surface area contributed by atoms with Crippen molar-refractivity contribution in [2.75, 3.05) is 24.7 Å². The molecule has 1 rings (SSSR count). The van der Waals surface area contributed by atoms with Crippen molar-refractivity contribution in [2.24, 2.45) is 0 Å². The number of nitrogens with zero attached hydrogens (tertiary/aromatic N) is 1. The normalized spacial score (nSPS) is 10.8. The Balaban J connectivity index is 2.89. The smallest absolute Gasteiger partial charge is 0.321 e. The van der Waals surface area contributed by atoms with Gasteiger partial charge in [-0.25, -0.2) is 13.2 Å². The Hall–Kier alpha value is -1.82. The van der Waals surface area contributed by atoms with Crippen molar-refractivity contribution in [3.63, 3.8) is 0 Å². The van der Waals surface area contributed by atoms with Crippen molar-refractivity contribution in [3.05, 3.63) is 36.9 Å². The van der Waals surface area contributed by atoms with Gasteiger partial charge in [0.25, 0.3) is 0 Å². The van der Waals surface area contributed by atoms with E-state index in [1.165, 1.54) is 17.0 Å². The molecule has 0 aliphatic rings. The van der Waals surface area contributed by atoms with E-state index in [0.29, 0.717) is 12.2 Å². The average molecular weight is 282 g/mol. The van der Waals surface area contributed by atoms with Crippen LogP contribution in [0.4, 0.5) is 10.5 Å². The van der Waals surface area contributed by atoms with Crippen LogP contribution < -0.4 is 5.32 Å². The third kappa shape index (κ3) is 4.10. The van der Waals surface area contributed by atoms with E-state index < -0.39 is 9.84 Å². The molecule has 0 atom stereocenters. The molecular formula is C13H18N2O3S. The summed E-state index contributed by atoms with van der Waals surface area (Å²) in [6, 6.07) is 5.91. The van der Waals surface area contributed by atoms with Crippen LogP contribution in [-0.4, -0.2) is 38.7 Å². The number of rotatable bonds is 5. The van der Waals surface area contributed by atoms with Gasteiger partial charge in [0, 0.05) is 19.3 Å². The molecule has 0 spiro atoms. The molecule has 6 heteroatoms. The number of likely N-dealkylation sites (N-methyl/N-ethyl adjacent to an activating group) is 1. The average Bonchev–Trinajstić information content (AvgIpc) is 2.39. The van der Waals surface area contributed by atoms with Crippen LogP contribution in [-0.2, 0) is 9.84 Å². The number of anilines is 1. The Morgan fingerprint density at radius 2 is 2.16 bits per heavy atom. The first-order valence-electron chi connectivity index (χ1n) is 5.86. The number of amides is 2. The number of hydrogen-bond donors (Lipinski definition) is 1. The molecule has 5 nitrogen and oxygen atoms in total. The zero-order valence-corrected chi connectivity index (χ0v) is 11.9. The molecule has 1 aromatic rings. The predicted octanol–water partition coefficient (Wildman–Crippen LogP) is 2.13. The Morgan fingerprint density at radius 3 is 2.74 bits per heavy atom. The van der Waals surface area contributed by atoms with Crippen LogP contribution in [0.5, 0.6) is 0 Å². The molecule has 1 N–H and O–H groups in total. The summed E-state index contributed by atoms with van der Waals surface area (Å²) in [5.41, 5.74) is 0.454. The van der Waals surface area contributed by atoms with Gasteiger partial charge in [-0.2, -0.15) is 0 Å². The van der Waals surface area contributed by atoms with Gasteiger partial charge < -0.3 is 10.2 Å². The minimum atomic E-state index is -3.27. The number of sulfone groups is 1. The maximum Gasteiger partial charge on any atom is 0.321 e. The van der Waals surface area contributed by atoms with E-state index in [4.69, 9.17) is 0 Å². The summed E-state index contributed by atoms with van der Waals surface area (Å²) in [6.45, 7) is 5.54. The maximum absolute atomic E-state index is 11.8. The molecule has 0 heterocycles. The monoisotopic (exact) mass is 282 g/mol. The van der Waals surface area contributed by atoms with Crippen LogP contribution in [0.1, 0.15) is 6.92 Å². The summed E-state index contributed by atoms with van der Waals surface area (Å²) < 4.78 is 23.5. The fourth-order valence-corrected chi connectivity index (χ4v) is 2.36. The fourth-order valence-electron chi connectivity index (χ4n) is 1.43. The lowest BCUT2D eigenvalue weighted by Gasteiger charge is -2.16. The molecule has 1 aromatic carbocycles. The molecule has 0 aromatic heterocycles. The van der Waals surface area contributed by atoms with Crippen molar-refractivity contribution in [1.82, 2.24) is 4.90 Å². The lowest BCUT2D eigenvalue weighted by atomic mass is 10.3. The molecule has 2 amide bonds. The van der Waals surface area contributed by atoms with E-state index in [0.717, 1.165) is 0 Å². The highest BCUT2D eigenvalue weighted by molar-refractivity contribution is 7.91. The Morgan fingerprint density at radius 1 is 1.47 bits per heavy atom. The standard InChI is InChI=1S/C13H18N2O3S/c1-4-9-15(3)13(16)14-11-7-6-8-12(10-11)19(17,18)5-2/h4,6-8,10H,1,5,9H2,2-3H3,(H,14,16). The van der Waals surface area contributed by atoms with Crippen molar-refractivity contribution in [3.8, 4) is 0 Å².